The summed E-state index contributed by atoms with van der Waals surface area (Å²) >= 11 is 1.47. The Balaban J connectivity index is 1.56. The first-order valence-corrected chi connectivity index (χ1v) is 9.76. The minimum absolute atomic E-state index is 0.0151. The monoisotopic (exact) mass is 414 g/mol. The molecule has 3 aromatic rings. The van der Waals surface area contributed by atoms with E-state index < -0.39 is 0 Å². The topological polar surface area (TPSA) is 99.0 Å². The Morgan fingerprint density at radius 2 is 2.17 bits per heavy atom. The van der Waals surface area contributed by atoms with E-state index in [4.69, 9.17) is 5.73 Å². The van der Waals surface area contributed by atoms with Gasteiger partial charge in [0.25, 0.3) is 0 Å². The Labute approximate surface area is 169 Å². The van der Waals surface area contributed by atoms with Crippen LogP contribution in [0.4, 0.5) is 10.2 Å². The molecule has 29 heavy (non-hydrogen) atoms. The number of likely N-dealkylation sites (N-methyl/N-ethyl adjacent to an activating group) is 1. The predicted molar refractivity (Wildman–Crippen MR) is 108 cm³/mol. The van der Waals surface area contributed by atoms with Gasteiger partial charge in [0.15, 0.2) is 0 Å². The van der Waals surface area contributed by atoms with Crippen LogP contribution in [0.25, 0.3) is 0 Å². The van der Waals surface area contributed by atoms with Gasteiger partial charge in [-0.05, 0) is 23.8 Å². The maximum absolute atomic E-state index is 12.7. The SMILES string of the molecule is CN1C(=O)C(c2ccc(Cn3cnn(C/C(=C/F)CN)c3=O)s2)c2cccnc21. The summed E-state index contributed by atoms with van der Waals surface area (Å²) in [6, 6.07) is 7.54. The second-order valence-corrected chi connectivity index (χ2v) is 7.92. The summed E-state index contributed by atoms with van der Waals surface area (Å²) in [4.78, 5) is 32.9. The first-order valence-electron chi connectivity index (χ1n) is 8.95. The molecule has 150 valence electrons. The maximum atomic E-state index is 12.7. The summed E-state index contributed by atoms with van der Waals surface area (Å²) < 4.78 is 15.3. The van der Waals surface area contributed by atoms with Gasteiger partial charge in [-0.3, -0.25) is 14.3 Å². The lowest BCUT2D eigenvalue weighted by molar-refractivity contribution is -0.118. The van der Waals surface area contributed by atoms with E-state index in [0.29, 0.717) is 18.7 Å². The van der Waals surface area contributed by atoms with Gasteiger partial charge in [0, 0.05) is 35.1 Å². The second-order valence-electron chi connectivity index (χ2n) is 6.72. The van der Waals surface area contributed by atoms with Crippen molar-refractivity contribution in [3.63, 3.8) is 0 Å². The lowest BCUT2D eigenvalue weighted by atomic mass is 10.0. The standard InChI is InChI=1S/C19H19FN6O2S/c1-24-17-14(3-2-6-22-17)16(18(24)27)15-5-4-13(29-15)10-25-11-23-26(19(25)28)9-12(7-20)8-21/h2-7,11,16H,8-10,21H2,1H3/b12-7+. The predicted octanol–water partition coefficient (Wildman–Crippen LogP) is 1.47. The summed E-state index contributed by atoms with van der Waals surface area (Å²) in [5.41, 5.74) is 6.25. The summed E-state index contributed by atoms with van der Waals surface area (Å²) in [5, 5.41) is 4.02. The number of halogens is 1. The van der Waals surface area contributed by atoms with E-state index in [1.54, 1.807) is 18.1 Å². The van der Waals surface area contributed by atoms with Gasteiger partial charge >= 0.3 is 5.69 Å². The number of carbonyl (C=O) groups is 1. The van der Waals surface area contributed by atoms with Gasteiger partial charge in [0.2, 0.25) is 5.91 Å². The van der Waals surface area contributed by atoms with Crippen LogP contribution in [-0.4, -0.2) is 38.8 Å². The lowest BCUT2D eigenvalue weighted by Gasteiger charge is -2.09. The molecule has 0 radical (unpaired) electrons. The first-order chi connectivity index (χ1) is 14.0. The number of nitrogens with zero attached hydrogens (tertiary/aromatic N) is 5. The molecular weight excluding hydrogens is 395 g/mol. The first kappa shape index (κ1) is 19.2. The van der Waals surface area contributed by atoms with Gasteiger partial charge in [0.1, 0.15) is 18.1 Å². The number of hydrogen-bond donors (Lipinski definition) is 1. The molecule has 3 aromatic heterocycles. The number of hydrogen-bond acceptors (Lipinski definition) is 6. The molecule has 1 amide bonds. The molecule has 2 N–H and O–H groups in total. The third kappa shape index (κ3) is 3.40. The van der Waals surface area contributed by atoms with Crippen LogP contribution in [0, 0.1) is 0 Å². The van der Waals surface area contributed by atoms with Crippen molar-refractivity contribution >= 4 is 23.1 Å². The molecule has 4 heterocycles. The van der Waals surface area contributed by atoms with Crippen LogP contribution in [0.5, 0.6) is 0 Å². The van der Waals surface area contributed by atoms with Crippen molar-refractivity contribution in [3.05, 3.63) is 74.5 Å². The number of amides is 1. The van der Waals surface area contributed by atoms with Crippen molar-refractivity contribution in [2.24, 2.45) is 5.73 Å². The quantitative estimate of drug-likeness (QED) is 0.659. The summed E-state index contributed by atoms with van der Waals surface area (Å²) in [7, 11) is 1.72. The van der Waals surface area contributed by atoms with Crippen molar-refractivity contribution in [2.75, 3.05) is 18.5 Å². The average Bonchev–Trinajstić information content (AvgIpc) is 3.40. The number of thiophene rings is 1. The molecule has 0 bridgehead atoms. The molecule has 0 aliphatic carbocycles. The molecule has 0 spiro atoms. The molecule has 1 aliphatic rings. The van der Waals surface area contributed by atoms with Gasteiger partial charge < -0.3 is 5.73 Å². The smallest absolute Gasteiger partial charge is 0.327 e. The number of carbonyl (C=O) groups excluding carboxylic acids is 1. The Morgan fingerprint density at radius 3 is 2.93 bits per heavy atom. The fourth-order valence-corrected chi connectivity index (χ4v) is 4.47. The summed E-state index contributed by atoms with van der Waals surface area (Å²) in [6.45, 7) is 0.350. The van der Waals surface area contributed by atoms with Gasteiger partial charge in [-0.15, -0.1) is 11.3 Å². The largest absolute Gasteiger partial charge is 0.346 e. The summed E-state index contributed by atoms with van der Waals surface area (Å²) in [5.74, 6) is 0.264. The Morgan fingerprint density at radius 1 is 1.34 bits per heavy atom. The van der Waals surface area contributed by atoms with Crippen molar-refractivity contribution in [3.8, 4) is 0 Å². The number of fused-ring (bicyclic) bond motifs is 1. The van der Waals surface area contributed by atoms with Crippen LogP contribution >= 0.6 is 11.3 Å². The molecule has 4 rings (SSSR count). The zero-order valence-electron chi connectivity index (χ0n) is 15.7. The third-order valence-electron chi connectivity index (χ3n) is 4.88. The molecule has 0 aromatic carbocycles. The zero-order chi connectivity index (χ0) is 20.5. The number of anilines is 1. The van der Waals surface area contributed by atoms with E-state index in [-0.39, 0.29) is 36.2 Å². The second kappa shape index (κ2) is 7.72. The molecule has 0 fully saturated rings. The Bertz CT molecular complexity index is 1150. The average molecular weight is 414 g/mol. The van der Waals surface area contributed by atoms with E-state index in [1.807, 2.05) is 24.3 Å². The highest BCUT2D eigenvalue weighted by Crippen LogP contribution is 2.41. The van der Waals surface area contributed by atoms with Gasteiger partial charge in [-0.25, -0.2) is 18.9 Å². The van der Waals surface area contributed by atoms with Crippen molar-refractivity contribution < 1.29 is 9.18 Å². The lowest BCUT2D eigenvalue weighted by Crippen LogP contribution is -2.26. The van der Waals surface area contributed by atoms with Crippen LogP contribution in [-0.2, 0) is 17.9 Å². The van der Waals surface area contributed by atoms with E-state index >= 15 is 0 Å². The molecule has 1 unspecified atom stereocenters. The van der Waals surface area contributed by atoms with E-state index in [1.165, 1.54) is 26.9 Å². The van der Waals surface area contributed by atoms with Crippen molar-refractivity contribution in [1.29, 1.82) is 0 Å². The highest BCUT2D eigenvalue weighted by atomic mass is 32.1. The fraction of sp³-hybridized carbons (Fsp3) is 0.263. The van der Waals surface area contributed by atoms with E-state index in [9.17, 15) is 14.0 Å². The molecular formula is C19H19FN6O2S. The van der Waals surface area contributed by atoms with E-state index in [0.717, 1.165) is 15.3 Å². The van der Waals surface area contributed by atoms with Gasteiger partial charge in [-0.2, -0.15) is 5.10 Å². The van der Waals surface area contributed by atoms with Crippen molar-refractivity contribution in [1.82, 2.24) is 19.3 Å². The van der Waals surface area contributed by atoms with Gasteiger partial charge in [-0.1, -0.05) is 6.07 Å². The summed E-state index contributed by atoms with van der Waals surface area (Å²) in [6.07, 6.45) is 3.49. The number of nitrogens with two attached hydrogens (primary N) is 1. The minimum atomic E-state index is -0.385. The fourth-order valence-electron chi connectivity index (χ4n) is 3.35. The zero-order valence-corrected chi connectivity index (χ0v) is 16.5. The van der Waals surface area contributed by atoms with E-state index in [2.05, 4.69) is 10.1 Å². The number of pyridine rings is 1. The van der Waals surface area contributed by atoms with Crippen molar-refractivity contribution in [2.45, 2.75) is 19.0 Å². The van der Waals surface area contributed by atoms with Gasteiger partial charge in [0.05, 0.1) is 19.4 Å². The number of rotatable bonds is 6. The van der Waals surface area contributed by atoms with Crippen LogP contribution in [0.1, 0.15) is 21.2 Å². The molecule has 1 aliphatic heterocycles. The maximum Gasteiger partial charge on any atom is 0.346 e. The molecule has 8 nitrogen and oxygen atoms in total. The van der Waals surface area contributed by atoms with Crippen LogP contribution in [0.2, 0.25) is 0 Å². The van der Waals surface area contributed by atoms with Crippen LogP contribution in [0.15, 0.2) is 53.5 Å². The molecule has 0 saturated carbocycles. The molecule has 10 heteroatoms. The Kier molecular flexibility index (Phi) is 5.12. The molecule has 1 atom stereocenters. The normalized spacial score (nSPS) is 16.5. The van der Waals surface area contributed by atoms with Crippen LogP contribution < -0.4 is 16.3 Å². The third-order valence-corrected chi connectivity index (χ3v) is 6.02. The molecule has 0 saturated heterocycles. The minimum Gasteiger partial charge on any atom is -0.327 e. The highest BCUT2D eigenvalue weighted by Gasteiger charge is 2.38. The Hall–Kier alpha value is -3.11. The number of aromatic nitrogens is 4. The van der Waals surface area contributed by atoms with Crippen LogP contribution in [0.3, 0.4) is 0 Å². The highest BCUT2D eigenvalue weighted by molar-refractivity contribution is 7.12.